The lowest BCUT2D eigenvalue weighted by atomic mass is 10.2. The largest absolute Gasteiger partial charge is 0.353 e. The van der Waals surface area contributed by atoms with E-state index >= 15 is 0 Å². The fraction of sp³-hybridized carbons (Fsp3) is 0.133. The number of benzene rings is 2. The zero-order chi connectivity index (χ0) is 14.8. The molecule has 0 aromatic heterocycles. The fourth-order valence-electron chi connectivity index (χ4n) is 1.84. The maximum atomic E-state index is 13.7. The minimum atomic E-state index is -3.94. The summed E-state index contributed by atoms with van der Waals surface area (Å²) in [6, 6.07) is 11.6. The molecule has 0 heterocycles. The first-order chi connectivity index (χ1) is 9.46. The van der Waals surface area contributed by atoms with Crippen molar-refractivity contribution in [2.75, 3.05) is 0 Å². The lowest BCUT2D eigenvalue weighted by molar-refractivity contribution is 0.579. The quantitative estimate of drug-likeness (QED) is 0.811. The second-order valence-corrected chi connectivity index (χ2v) is 6.37. The topological polar surface area (TPSA) is 38.5 Å². The summed E-state index contributed by atoms with van der Waals surface area (Å²) >= 11 is 0. The van der Waals surface area contributed by atoms with Crippen molar-refractivity contribution in [1.82, 2.24) is 0 Å². The monoisotopic (exact) mass is 289 g/mol. The van der Waals surface area contributed by atoms with Crippen LogP contribution in [0.5, 0.6) is 0 Å². The van der Waals surface area contributed by atoms with Crippen LogP contribution in [0.2, 0.25) is 0 Å². The van der Waals surface area contributed by atoms with Crippen molar-refractivity contribution in [1.29, 1.82) is 0 Å². The average molecular weight is 289 g/mol. The van der Waals surface area contributed by atoms with Gasteiger partial charge in [0, 0.05) is 0 Å². The van der Waals surface area contributed by atoms with E-state index in [-0.39, 0.29) is 10.5 Å². The van der Waals surface area contributed by atoms with Gasteiger partial charge in [-0.1, -0.05) is 29.8 Å². The zero-order valence-corrected chi connectivity index (χ0v) is 11.6. The molecule has 0 aliphatic rings. The Morgan fingerprint density at radius 3 is 2.25 bits per heavy atom. The Hall–Kier alpha value is -2.19. The van der Waals surface area contributed by atoms with E-state index in [1.54, 1.807) is 12.1 Å². The van der Waals surface area contributed by atoms with Gasteiger partial charge in [-0.3, -0.25) is 4.85 Å². The summed E-state index contributed by atoms with van der Waals surface area (Å²) in [5.41, 5.74) is 0.789. The Balaban J connectivity index is 2.55. The van der Waals surface area contributed by atoms with Gasteiger partial charge in [0.1, 0.15) is 5.82 Å². The fourth-order valence-corrected chi connectivity index (χ4v) is 3.28. The maximum absolute atomic E-state index is 13.7. The van der Waals surface area contributed by atoms with Crippen LogP contribution in [-0.4, -0.2) is 8.42 Å². The minimum Gasteiger partial charge on any atom is -0.291 e. The first-order valence-corrected chi connectivity index (χ1v) is 7.43. The molecule has 1 atom stereocenters. The third-order valence-corrected chi connectivity index (χ3v) is 4.81. The lowest BCUT2D eigenvalue weighted by Gasteiger charge is -2.09. The van der Waals surface area contributed by atoms with E-state index < -0.39 is 21.0 Å². The van der Waals surface area contributed by atoms with Crippen LogP contribution in [0.1, 0.15) is 16.5 Å². The number of halogens is 1. The van der Waals surface area contributed by atoms with Crippen LogP contribution in [0.4, 0.5) is 4.39 Å². The van der Waals surface area contributed by atoms with E-state index in [1.165, 1.54) is 30.3 Å². The molecule has 20 heavy (non-hydrogen) atoms. The molecule has 0 saturated heterocycles. The Morgan fingerprint density at radius 1 is 1.10 bits per heavy atom. The summed E-state index contributed by atoms with van der Waals surface area (Å²) in [4.78, 5) is 3.13. The van der Waals surface area contributed by atoms with Gasteiger partial charge in [0.05, 0.1) is 10.5 Å². The van der Waals surface area contributed by atoms with Crippen LogP contribution in [0.15, 0.2) is 53.4 Å². The summed E-state index contributed by atoms with van der Waals surface area (Å²) in [6.07, 6.45) is 0. The molecule has 102 valence electrons. The molecule has 0 saturated carbocycles. The van der Waals surface area contributed by atoms with Crippen molar-refractivity contribution in [2.45, 2.75) is 17.2 Å². The van der Waals surface area contributed by atoms with E-state index in [9.17, 15) is 12.8 Å². The molecule has 0 bridgehead atoms. The summed E-state index contributed by atoms with van der Waals surface area (Å²) < 4.78 is 38.6. The third-order valence-electron chi connectivity index (χ3n) is 2.93. The minimum absolute atomic E-state index is 0.0207. The van der Waals surface area contributed by atoms with Crippen LogP contribution >= 0.6 is 0 Å². The van der Waals surface area contributed by atoms with Gasteiger partial charge in [-0.25, -0.2) is 19.4 Å². The average Bonchev–Trinajstić information content (AvgIpc) is 2.42. The van der Waals surface area contributed by atoms with Gasteiger partial charge in [-0.2, -0.15) is 0 Å². The highest BCUT2D eigenvalue weighted by Crippen LogP contribution is 2.31. The number of aryl methyl sites for hydroxylation is 1. The highest BCUT2D eigenvalue weighted by Gasteiger charge is 2.36. The number of hydrogen-bond donors (Lipinski definition) is 0. The van der Waals surface area contributed by atoms with Crippen LogP contribution in [0, 0.1) is 19.3 Å². The van der Waals surface area contributed by atoms with Crippen LogP contribution in [0.3, 0.4) is 0 Å². The molecule has 3 nitrogen and oxygen atoms in total. The number of nitrogens with zero attached hydrogens (tertiary/aromatic N) is 1. The van der Waals surface area contributed by atoms with Gasteiger partial charge < -0.3 is 0 Å². The molecule has 0 amide bonds. The second-order valence-electron chi connectivity index (χ2n) is 4.36. The molecule has 0 fully saturated rings. The van der Waals surface area contributed by atoms with Gasteiger partial charge in [-0.15, -0.1) is 0 Å². The van der Waals surface area contributed by atoms with Crippen molar-refractivity contribution in [2.24, 2.45) is 0 Å². The van der Waals surface area contributed by atoms with Crippen molar-refractivity contribution in [3.8, 4) is 0 Å². The number of sulfone groups is 1. The van der Waals surface area contributed by atoms with E-state index in [4.69, 9.17) is 6.57 Å². The van der Waals surface area contributed by atoms with Crippen molar-refractivity contribution < 1.29 is 12.8 Å². The molecule has 0 aliphatic heterocycles. The Morgan fingerprint density at radius 2 is 1.70 bits per heavy atom. The van der Waals surface area contributed by atoms with Gasteiger partial charge in [0.2, 0.25) is 0 Å². The molecule has 2 aromatic rings. The zero-order valence-electron chi connectivity index (χ0n) is 10.7. The molecule has 0 spiro atoms. The molecule has 0 aliphatic carbocycles. The summed E-state index contributed by atoms with van der Waals surface area (Å²) in [5, 5.41) is -1.56. The molecule has 5 heteroatoms. The maximum Gasteiger partial charge on any atom is 0.353 e. The molecular weight excluding hydrogens is 277 g/mol. The predicted molar refractivity (Wildman–Crippen MR) is 74.1 cm³/mol. The van der Waals surface area contributed by atoms with Crippen LogP contribution in [0.25, 0.3) is 4.85 Å². The molecular formula is C15H12FNO2S. The second kappa shape index (κ2) is 5.43. The van der Waals surface area contributed by atoms with Crippen LogP contribution in [-0.2, 0) is 9.84 Å². The molecule has 0 unspecified atom stereocenters. The van der Waals surface area contributed by atoms with E-state index in [1.807, 2.05) is 6.92 Å². The Kier molecular flexibility index (Phi) is 3.86. The Bertz CT molecular complexity index is 761. The predicted octanol–water partition coefficient (Wildman–Crippen LogP) is 3.53. The highest BCUT2D eigenvalue weighted by atomic mass is 32.2. The normalized spacial score (nSPS) is 12.7. The lowest BCUT2D eigenvalue weighted by Crippen LogP contribution is -2.12. The standard InChI is InChI=1S/C15H12FNO2S/c1-11-7-9-12(10-8-11)20(18,19)15(17-2)13-5-3-4-6-14(13)16/h3-10,15H,1H3/t15-/m0/s1. The first kappa shape index (κ1) is 14.2. The smallest absolute Gasteiger partial charge is 0.291 e. The highest BCUT2D eigenvalue weighted by molar-refractivity contribution is 7.91. The van der Waals surface area contributed by atoms with Crippen LogP contribution < -0.4 is 0 Å². The van der Waals surface area contributed by atoms with E-state index in [0.717, 1.165) is 11.6 Å². The SMILES string of the molecule is [C-]#[N+][C@H](c1ccccc1F)S(=O)(=O)c1ccc(C)cc1. The molecule has 2 aromatic carbocycles. The third kappa shape index (κ3) is 2.56. The molecule has 2 rings (SSSR count). The van der Waals surface area contributed by atoms with Crippen molar-refractivity contribution in [3.05, 3.63) is 76.9 Å². The first-order valence-electron chi connectivity index (χ1n) is 5.88. The van der Waals surface area contributed by atoms with Gasteiger partial charge in [0.25, 0.3) is 9.84 Å². The Labute approximate surface area is 117 Å². The van der Waals surface area contributed by atoms with Gasteiger partial charge >= 0.3 is 5.37 Å². The van der Waals surface area contributed by atoms with E-state index in [0.29, 0.717) is 0 Å². The van der Waals surface area contributed by atoms with E-state index in [2.05, 4.69) is 4.85 Å². The van der Waals surface area contributed by atoms with Gasteiger partial charge in [-0.05, 0) is 31.2 Å². The summed E-state index contributed by atoms with van der Waals surface area (Å²) in [6.45, 7) is 8.95. The summed E-state index contributed by atoms with van der Waals surface area (Å²) in [7, 11) is -3.94. The number of rotatable bonds is 3. The summed E-state index contributed by atoms with van der Waals surface area (Å²) in [5.74, 6) is -0.691. The van der Waals surface area contributed by atoms with Crippen molar-refractivity contribution >= 4 is 9.84 Å². The number of hydrogen-bond acceptors (Lipinski definition) is 2. The molecule has 0 N–H and O–H groups in total. The van der Waals surface area contributed by atoms with Gasteiger partial charge in [0.15, 0.2) is 0 Å². The van der Waals surface area contributed by atoms with Crippen molar-refractivity contribution in [3.63, 3.8) is 0 Å². The molecule has 0 radical (unpaired) electrons.